The Labute approximate surface area is 88.2 Å². The third-order valence-corrected chi connectivity index (χ3v) is 2.00. The van der Waals surface area contributed by atoms with Crippen molar-refractivity contribution in [3.63, 3.8) is 0 Å². The van der Waals surface area contributed by atoms with Crippen LogP contribution in [0.4, 0.5) is 0 Å². The summed E-state index contributed by atoms with van der Waals surface area (Å²) in [7, 11) is 0. The molecule has 0 heterocycles. The highest BCUT2D eigenvalue weighted by atomic mass is 35.5. The zero-order valence-corrected chi connectivity index (χ0v) is 8.71. The van der Waals surface area contributed by atoms with Gasteiger partial charge in [-0.25, -0.2) is 0 Å². The molecule has 4 heteroatoms. The van der Waals surface area contributed by atoms with E-state index in [4.69, 9.17) is 17.3 Å². The molecule has 0 aliphatic rings. The van der Waals surface area contributed by atoms with Crippen molar-refractivity contribution in [1.82, 2.24) is 5.32 Å². The largest absolute Gasteiger partial charge is 0.351 e. The molecular formula is C10H13ClN2O. The summed E-state index contributed by atoms with van der Waals surface area (Å²) < 4.78 is 0. The Hall–Kier alpha value is -1.06. The zero-order valence-electron chi connectivity index (χ0n) is 7.96. The van der Waals surface area contributed by atoms with E-state index < -0.39 is 6.04 Å². The van der Waals surface area contributed by atoms with Crippen LogP contribution in [0, 0.1) is 0 Å². The van der Waals surface area contributed by atoms with Gasteiger partial charge in [-0.3, -0.25) is 4.79 Å². The van der Waals surface area contributed by atoms with Gasteiger partial charge in [0, 0.05) is 11.6 Å². The molecule has 0 radical (unpaired) electrons. The number of benzene rings is 1. The highest BCUT2D eigenvalue weighted by molar-refractivity contribution is 6.30. The fourth-order valence-electron chi connectivity index (χ4n) is 0.997. The molecule has 0 aliphatic heterocycles. The van der Waals surface area contributed by atoms with Crippen molar-refractivity contribution in [3.8, 4) is 0 Å². The maximum absolute atomic E-state index is 11.1. The molecule has 3 N–H and O–H groups in total. The van der Waals surface area contributed by atoms with Gasteiger partial charge in [0.15, 0.2) is 0 Å². The molecule has 1 aromatic carbocycles. The third-order valence-electron chi connectivity index (χ3n) is 1.77. The normalized spacial score (nSPS) is 12.2. The maximum atomic E-state index is 11.1. The molecule has 0 aromatic heterocycles. The van der Waals surface area contributed by atoms with E-state index in [1.807, 2.05) is 18.2 Å². The fourth-order valence-corrected chi connectivity index (χ4v) is 1.21. The first-order valence-corrected chi connectivity index (χ1v) is 4.75. The average molecular weight is 213 g/mol. The Bertz CT molecular complexity index is 326. The summed E-state index contributed by atoms with van der Waals surface area (Å²) in [5.41, 5.74) is 6.36. The van der Waals surface area contributed by atoms with E-state index in [1.165, 1.54) is 0 Å². The molecule has 0 unspecified atom stereocenters. The number of rotatable bonds is 3. The van der Waals surface area contributed by atoms with Gasteiger partial charge in [0.05, 0.1) is 6.04 Å². The number of halogens is 1. The van der Waals surface area contributed by atoms with Gasteiger partial charge in [-0.1, -0.05) is 23.7 Å². The molecule has 0 aliphatic carbocycles. The van der Waals surface area contributed by atoms with E-state index in [1.54, 1.807) is 13.0 Å². The van der Waals surface area contributed by atoms with Crippen LogP contribution in [0.25, 0.3) is 0 Å². The lowest BCUT2D eigenvalue weighted by Crippen LogP contribution is -2.37. The van der Waals surface area contributed by atoms with E-state index >= 15 is 0 Å². The van der Waals surface area contributed by atoms with Gasteiger partial charge in [-0.15, -0.1) is 0 Å². The van der Waals surface area contributed by atoms with E-state index in [0.717, 1.165) is 5.56 Å². The molecule has 76 valence electrons. The van der Waals surface area contributed by atoms with Gasteiger partial charge in [-0.2, -0.15) is 0 Å². The highest BCUT2D eigenvalue weighted by Crippen LogP contribution is 2.10. The minimum Gasteiger partial charge on any atom is -0.351 e. The Morgan fingerprint density at radius 1 is 1.64 bits per heavy atom. The molecule has 0 fully saturated rings. The molecule has 1 amide bonds. The van der Waals surface area contributed by atoms with Crippen molar-refractivity contribution in [2.75, 3.05) is 0 Å². The van der Waals surface area contributed by atoms with Crippen LogP contribution in [0.1, 0.15) is 12.5 Å². The maximum Gasteiger partial charge on any atom is 0.236 e. The molecule has 1 aromatic rings. The monoisotopic (exact) mass is 212 g/mol. The second-order valence-electron chi connectivity index (χ2n) is 3.14. The number of hydrogen-bond donors (Lipinski definition) is 2. The molecule has 0 saturated carbocycles. The predicted molar refractivity (Wildman–Crippen MR) is 56.9 cm³/mol. The highest BCUT2D eigenvalue weighted by Gasteiger charge is 2.05. The summed E-state index contributed by atoms with van der Waals surface area (Å²) in [6.45, 7) is 2.11. The Morgan fingerprint density at radius 3 is 2.93 bits per heavy atom. The van der Waals surface area contributed by atoms with Crippen LogP contribution in [-0.4, -0.2) is 11.9 Å². The van der Waals surface area contributed by atoms with Gasteiger partial charge in [0.1, 0.15) is 0 Å². The standard InChI is InChI=1S/C10H13ClN2O/c1-7(12)10(14)13-6-8-3-2-4-9(11)5-8/h2-5,7H,6,12H2,1H3,(H,13,14)/t7-/m0/s1. The van der Waals surface area contributed by atoms with Crippen molar-refractivity contribution < 1.29 is 4.79 Å². The minimum absolute atomic E-state index is 0.162. The van der Waals surface area contributed by atoms with Crippen LogP contribution in [-0.2, 0) is 11.3 Å². The Kier molecular flexibility index (Phi) is 3.92. The number of hydrogen-bond acceptors (Lipinski definition) is 2. The van der Waals surface area contributed by atoms with Crippen LogP contribution >= 0.6 is 11.6 Å². The Balaban J connectivity index is 2.50. The summed E-state index contributed by atoms with van der Waals surface area (Å²) >= 11 is 5.79. The SMILES string of the molecule is C[C@H](N)C(=O)NCc1cccc(Cl)c1. The lowest BCUT2D eigenvalue weighted by Gasteiger charge is -2.07. The summed E-state index contributed by atoms with van der Waals surface area (Å²) in [5, 5.41) is 3.37. The first kappa shape index (κ1) is 11.0. The average Bonchev–Trinajstić information content (AvgIpc) is 2.14. The summed E-state index contributed by atoms with van der Waals surface area (Å²) in [5.74, 6) is -0.162. The summed E-state index contributed by atoms with van der Waals surface area (Å²) in [6, 6.07) is 6.86. The van der Waals surface area contributed by atoms with Gasteiger partial charge in [0.25, 0.3) is 0 Å². The zero-order chi connectivity index (χ0) is 10.6. The molecule has 0 bridgehead atoms. The third kappa shape index (κ3) is 3.36. The molecule has 1 rings (SSSR count). The van der Waals surface area contributed by atoms with E-state index in [-0.39, 0.29) is 5.91 Å². The number of carbonyl (C=O) groups excluding carboxylic acids is 1. The fraction of sp³-hybridized carbons (Fsp3) is 0.300. The lowest BCUT2D eigenvalue weighted by atomic mass is 10.2. The summed E-state index contributed by atoms with van der Waals surface area (Å²) in [6.07, 6.45) is 0. The van der Waals surface area contributed by atoms with Crippen molar-refractivity contribution in [3.05, 3.63) is 34.9 Å². The van der Waals surface area contributed by atoms with Crippen molar-refractivity contribution in [2.24, 2.45) is 5.73 Å². The second-order valence-corrected chi connectivity index (χ2v) is 3.57. The van der Waals surface area contributed by atoms with E-state index in [9.17, 15) is 4.79 Å². The van der Waals surface area contributed by atoms with E-state index in [0.29, 0.717) is 11.6 Å². The number of amides is 1. The molecule has 14 heavy (non-hydrogen) atoms. The summed E-state index contributed by atoms with van der Waals surface area (Å²) in [4.78, 5) is 11.1. The van der Waals surface area contributed by atoms with Gasteiger partial charge >= 0.3 is 0 Å². The number of nitrogens with one attached hydrogen (secondary N) is 1. The number of carbonyl (C=O) groups is 1. The van der Waals surface area contributed by atoms with Gasteiger partial charge in [-0.05, 0) is 24.6 Å². The van der Waals surface area contributed by atoms with Crippen LogP contribution in [0.3, 0.4) is 0 Å². The van der Waals surface area contributed by atoms with Crippen LogP contribution < -0.4 is 11.1 Å². The van der Waals surface area contributed by atoms with Crippen molar-refractivity contribution in [2.45, 2.75) is 19.5 Å². The lowest BCUT2D eigenvalue weighted by molar-refractivity contribution is -0.122. The quantitative estimate of drug-likeness (QED) is 0.794. The van der Waals surface area contributed by atoms with Crippen molar-refractivity contribution >= 4 is 17.5 Å². The van der Waals surface area contributed by atoms with Crippen LogP contribution in [0.2, 0.25) is 5.02 Å². The first-order chi connectivity index (χ1) is 6.59. The smallest absolute Gasteiger partial charge is 0.236 e. The minimum atomic E-state index is -0.478. The first-order valence-electron chi connectivity index (χ1n) is 4.37. The molecular weight excluding hydrogens is 200 g/mol. The number of nitrogens with two attached hydrogens (primary N) is 1. The van der Waals surface area contributed by atoms with E-state index in [2.05, 4.69) is 5.32 Å². The Morgan fingerprint density at radius 2 is 2.36 bits per heavy atom. The van der Waals surface area contributed by atoms with Gasteiger partial charge in [0.2, 0.25) is 5.91 Å². The van der Waals surface area contributed by atoms with Crippen LogP contribution in [0.5, 0.6) is 0 Å². The van der Waals surface area contributed by atoms with Gasteiger partial charge < -0.3 is 11.1 Å². The topological polar surface area (TPSA) is 55.1 Å². The molecule has 3 nitrogen and oxygen atoms in total. The molecule has 0 saturated heterocycles. The van der Waals surface area contributed by atoms with Crippen molar-refractivity contribution in [1.29, 1.82) is 0 Å². The van der Waals surface area contributed by atoms with Crippen LogP contribution in [0.15, 0.2) is 24.3 Å². The second kappa shape index (κ2) is 4.98. The predicted octanol–water partition coefficient (Wildman–Crippen LogP) is 1.30. The molecule has 0 spiro atoms. The molecule has 1 atom stereocenters.